The predicted molar refractivity (Wildman–Crippen MR) is 83.7 cm³/mol. The second kappa shape index (κ2) is 4.39. The highest BCUT2D eigenvalue weighted by Crippen LogP contribution is 2.66. The lowest BCUT2D eigenvalue weighted by atomic mass is 9.70. The number of nitrogen functional groups attached to an aromatic ring is 2. The number of carbonyl (C=O) groups is 1. The first-order valence-corrected chi connectivity index (χ1v) is 7.61. The Hall–Kier alpha value is -1.71. The average molecular weight is 288 g/mol. The summed E-state index contributed by atoms with van der Waals surface area (Å²) in [6.07, 6.45) is 3.31. The topological polar surface area (TPSA) is 78.3 Å². The van der Waals surface area contributed by atoms with Gasteiger partial charge in [0.15, 0.2) is 0 Å². The van der Waals surface area contributed by atoms with Gasteiger partial charge in [-0.15, -0.1) is 0 Å². The molecule has 0 heterocycles. The number of esters is 1. The van der Waals surface area contributed by atoms with Crippen molar-refractivity contribution in [1.82, 2.24) is 0 Å². The summed E-state index contributed by atoms with van der Waals surface area (Å²) in [7, 11) is 0. The molecule has 0 radical (unpaired) electrons. The molecule has 2 saturated carbocycles. The largest absolute Gasteiger partial charge is 0.458 e. The molecule has 3 atom stereocenters. The number of fused-ring (bicyclic) bond motifs is 2. The van der Waals surface area contributed by atoms with Gasteiger partial charge in [0.05, 0.1) is 5.56 Å². The summed E-state index contributed by atoms with van der Waals surface area (Å²) in [5.41, 5.74) is 13.2. The van der Waals surface area contributed by atoms with E-state index < -0.39 is 0 Å². The molecule has 0 saturated heterocycles. The van der Waals surface area contributed by atoms with Crippen LogP contribution in [0.1, 0.15) is 50.4 Å². The van der Waals surface area contributed by atoms with Crippen LogP contribution in [0.15, 0.2) is 18.2 Å². The van der Waals surface area contributed by atoms with E-state index in [-0.39, 0.29) is 22.9 Å². The Labute approximate surface area is 125 Å². The Balaban J connectivity index is 1.80. The Kier molecular flexibility index (Phi) is 2.98. The van der Waals surface area contributed by atoms with Gasteiger partial charge in [-0.3, -0.25) is 0 Å². The lowest BCUT2D eigenvalue weighted by Gasteiger charge is -2.38. The van der Waals surface area contributed by atoms with Crippen LogP contribution in [0.4, 0.5) is 11.4 Å². The van der Waals surface area contributed by atoms with Crippen molar-refractivity contribution >= 4 is 17.3 Å². The van der Waals surface area contributed by atoms with Crippen LogP contribution < -0.4 is 11.5 Å². The maximum absolute atomic E-state index is 12.4. The van der Waals surface area contributed by atoms with Crippen LogP contribution in [0.3, 0.4) is 0 Å². The third kappa shape index (κ3) is 1.92. The van der Waals surface area contributed by atoms with Crippen LogP contribution in [-0.2, 0) is 4.74 Å². The second-order valence-electron chi connectivity index (χ2n) is 7.35. The van der Waals surface area contributed by atoms with E-state index in [1.54, 1.807) is 18.2 Å². The van der Waals surface area contributed by atoms with Crippen molar-refractivity contribution in [1.29, 1.82) is 0 Å². The smallest absolute Gasteiger partial charge is 0.340 e. The summed E-state index contributed by atoms with van der Waals surface area (Å²) in [6.45, 7) is 6.86. The number of anilines is 2. The van der Waals surface area contributed by atoms with E-state index in [2.05, 4.69) is 20.8 Å². The van der Waals surface area contributed by atoms with E-state index in [9.17, 15) is 4.79 Å². The molecule has 1 aromatic rings. The molecule has 0 aliphatic heterocycles. The first kappa shape index (κ1) is 14.2. The van der Waals surface area contributed by atoms with Crippen molar-refractivity contribution in [2.75, 3.05) is 11.5 Å². The molecule has 21 heavy (non-hydrogen) atoms. The zero-order valence-electron chi connectivity index (χ0n) is 13.0. The number of benzene rings is 1. The Morgan fingerprint density at radius 3 is 2.52 bits per heavy atom. The highest BCUT2D eigenvalue weighted by molar-refractivity contribution is 5.95. The quantitative estimate of drug-likeness (QED) is 0.647. The standard InChI is InChI=1S/C17H24N2O2/c1-16(2)10-6-7-17(16,3)14(8-10)21-15(20)12-5-4-11(18)9-13(12)19/h4-5,9-10,14H,6-8,18-19H2,1-3H3. The molecular weight excluding hydrogens is 264 g/mol. The van der Waals surface area contributed by atoms with Gasteiger partial charge in [0.1, 0.15) is 6.10 Å². The van der Waals surface area contributed by atoms with Gasteiger partial charge in [-0.25, -0.2) is 4.79 Å². The highest BCUT2D eigenvalue weighted by atomic mass is 16.5. The maximum atomic E-state index is 12.4. The van der Waals surface area contributed by atoms with Crippen molar-refractivity contribution in [2.24, 2.45) is 16.7 Å². The monoisotopic (exact) mass is 288 g/mol. The first-order valence-electron chi connectivity index (χ1n) is 7.61. The van der Waals surface area contributed by atoms with Gasteiger partial charge in [-0.2, -0.15) is 0 Å². The molecule has 0 spiro atoms. The zero-order chi connectivity index (χ0) is 15.4. The van der Waals surface area contributed by atoms with E-state index in [0.29, 0.717) is 22.9 Å². The van der Waals surface area contributed by atoms with Crippen molar-refractivity contribution in [3.05, 3.63) is 23.8 Å². The number of ether oxygens (including phenoxy) is 1. The van der Waals surface area contributed by atoms with E-state index in [1.807, 2.05) is 0 Å². The summed E-state index contributed by atoms with van der Waals surface area (Å²) in [4.78, 5) is 12.4. The lowest BCUT2D eigenvalue weighted by Crippen LogP contribution is -2.38. The second-order valence-corrected chi connectivity index (χ2v) is 7.35. The molecule has 2 aliphatic carbocycles. The average Bonchev–Trinajstić information content (AvgIpc) is 2.71. The molecular formula is C17H24N2O2. The van der Waals surface area contributed by atoms with Gasteiger partial charge >= 0.3 is 5.97 Å². The summed E-state index contributed by atoms with van der Waals surface area (Å²) < 4.78 is 5.83. The van der Waals surface area contributed by atoms with Crippen molar-refractivity contribution in [3.8, 4) is 0 Å². The molecule has 4 heteroatoms. The molecule has 2 bridgehead atoms. The van der Waals surface area contributed by atoms with E-state index in [0.717, 1.165) is 12.8 Å². The fraction of sp³-hybridized carbons (Fsp3) is 0.588. The first-order chi connectivity index (χ1) is 9.75. The fourth-order valence-corrected chi connectivity index (χ4v) is 4.27. The van der Waals surface area contributed by atoms with Crippen LogP contribution >= 0.6 is 0 Å². The molecule has 4 N–H and O–H groups in total. The van der Waals surface area contributed by atoms with E-state index in [1.165, 1.54) is 6.42 Å². The number of carbonyl (C=O) groups excluding carboxylic acids is 1. The summed E-state index contributed by atoms with van der Waals surface area (Å²) in [5.74, 6) is 0.311. The molecule has 3 rings (SSSR count). The minimum Gasteiger partial charge on any atom is -0.458 e. The third-order valence-electron chi connectivity index (χ3n) is 6.26. The van der Waals surface area contributed by atoms with Gasteiger partial charge in [0.2, 0.25) is 0 Å². The molecule has 3 unspecified atom stereocenters. The van der Waals surface area contributed by atoms with Gasteiger partial charge in [0.25, 0.3) is 0 Å². The molecule has 0 aromatic heterocycles. The minimum absolute atomic E-state index is 0.0179. The Bertz CT molecular complexity index is 596. The van der Waals surface area contributed by atoms with Gasteiger partial charge in [-0.1, -0.05) is 20.8 Å². The van der Waals surface area contributed by atoms with Gasteiger partial charge in [-0.05, 0) is 48.8 Å². The molecule has 1 aromatic carbocycles. The zero-order valence-corrected chi connectivity index (χ0v) is 13.0. The maximum Gasteiger partial charge on any atom is 0.340 e. The molecule has 2 aliphatic rings. The van der Waals surface area contributed by atoms with Crippen molar-refractivity contribution < 1.29 is 9.53 Å². The van der Waals surface area contributed by atoms with Gasteiger partial charge in [0, 0.05) is 16.8 Å². The van der Waals surface area contributed by atoms with Gasteiger partial charge < -0.3 is 16.2 Å². The van der Waals surface area contributed by atoms with E-state index >= 15 is 0 Å². The molecule has 114 valence electrons. The summed E-state index contributed by atoms with van der Waals surface area (Å²) in [5, 5.41) is 0. The third-order valence-corrected chi connectivity index (χ3v) is 6.26. The molecule has 2 fully saturated rings. The van der Waals surface area contributed by atoms with Crippen LogP contribution in [0.2, 0.25) is 0 Å². The number of nitrogens with two attached hydrogens (primary N) is 2. The molecule has 0 amide bonds. The number of rotatable bonds is 2. The highest BCUT2D eigenvalue weighted by Gasteiger charge is 2.62. The van der Waals surface area contributed by atoms with Crippen molar-refractivity contribution in [2.45, 2.75) is 46.1 Å². The summed E-state index contributed by atoms with van der Waals surface area (Å²) >= 11 is 0. The number of hydrogen-bond acceptors (Lipinski definition) is 4. The Morgan fingerprint density at radius 1 is 1.29 bits per heavy atom. The summed E-state index contributed by atoms with van der Waals surface area (Å²) in [6, 6.07) is 4.93. The molecule has 4 nitrogen and oxygen atoms in total. The SMILES string of the molecule is CC1(C)C2CCC1(C)C(OC(=O)c1ccc(N)cc1N)C2. The van der Waals surface area contributed by atoms with Crippen LogP contribution in [0.5, 0.6) is 0 Å². The minimum atomic E-state index is -0.331. The van der Waals surface area contributed by atoms with Crippen LogP contribution in [0.25, 0.3) is 0 Å². The number of hydrogen-bond donors (Lipinski definition) is 2. The Morgan fingerprint density at radius 2 is 2.00 bits per heavy atom. The lowest BCUT2D eigenvalue weighted by molar-refractivity contribution is -0.0241. The normalized spacial score (nSPS) is 33.1. The van der Waals surface area contributed by atoms with Crippen LogP contribution in [0, 0.1) is 16.7 Å². The van der Waals surface area contributed by atoms with E-state index in [4.69, 9.17) is 16.2 Å². The van der Waals surface area contributed by atoms with Crippen LogP contribution in [-0.4, -0.2) is 12.1 Å². The van der Waals surface area contributed by atoms with Crippen molar-refractivity contribution in [3.63, 3.8) is 0 Å². The predicted octanol–water partition coefficient (Wildman–Crippen LogP) is 3.22. The fourth-order valence-electron chi connectivity index (χ4n) is 4.27.